The average molecular weight is 274 g/mol. The zero-order chi connectivity index (χ0) is 12.5. The lowest BCUT2D eigenvalue weighted by atomic mass is 10.3. The summed E-state index contributed by atoms with van der Waals surface area (Å²) in [6.45, 7) is 2.06. The van der Waals surface area contributed by atoms with Crippen molar-refractivity contribution in [3.63, 3.8) is 0 Å². The van der Waals surface area contributed by atoms with Crippen LogP contribution in [0.15, 0.2) is 45.9 Å². The van der Waals surface area contributed by atoms with Gasteiger partial charge < -0.3 is 5.11 Å². The molecule has 0 fully saturated rings. The lowest BCUT2D eigenvalue weighted by Crippen LogP contribution is -1.84. The van der Waals surface area contributed by atoms with E-state index in [9.17, 15) is 5.11 Å². The second kappa shape index (κ2) is 4.59. The second-order valence-corrected chi connectivity index (χ2v) is 5.81. The van der Waals surface area contributed by atoms with Crippen LogP contribution in [-0.4, -0.2) is 15.1 Å². The maximum atomic E-state index is 9.27. The van der Waals surface area contributed by atoms with Crippen LogP contribution >= 0.6 is 23.1 Å². The van der Waals surface area contributed by atoms with E-state index in [0.29, 0.717) is 0 Å². The number of phenols is 1. The first-order chi connectivity index (χ1) is 8.74. The molecule has 3 nitrogen and oxygen atoms in total. The Morgan fingerprint density at radius 3 is 2.72 bits per heavy atom. The molecule has 0 aliphatic rings. The minimum Gasteiger partial charge on any atom is -0.508 e. The van der Waals surface area contributed by atoms with Crippen LogP contribution in [0, 0.1) is 6.92 Å². The van der Waals surface area contributed by atoms with Crippen molar-refractivity contribution in [2.45, 2.75) is 16.8 Å². The first kappa shape index (κ1) is 11.5. The molecule has 3 rings (SSSR count). The fourth-order valence-electron chi connectivity index (χ4n) is 1.65. The number of thiophene rings is 1. The molecule has 0 atom stereocenters. The van der Waals surface area contributed by atoms with Crippen molar-refractivity contribution in [2.75, 3.05) is 0 Å². The van der Waals surface area contributed by atoms with Crippen molar-refractivity contribution < 1.29 is 5.11 Å². The van der Waals surface area contributed by atoms with Gasteiger partial charge in [-0.3, -0.25) is 0 Å². The molecule has 0 saturated carbocycles. The summed E-state index contributed by atoms with van der Waals surface area (Å²) in [6.07, 6.45) is 1.60. The van der Waals surface area contributed by atoms with E-state index < -0.39 is 0 Å². The number of phenolic OH excluding ortho intramolecular Hbond substituents is 1. The van der Waals surface area contributed by atoms with E-state index in [4.69, 9.17) is 0 Å². The van der Waals surface area contributed by atoms with Crippen molar-refractivity contribution in [3.05, 3.63) is 41.5 Å². The van der Waals surface area contributed by atoms with E-state index in [1.165, 1.54) is 5.56 Å². The number of aromatic nitrogens is 2. The Bertz CT molecular complexity index is 692. The number of fused-ring (bicyclic) bond motifs is 1. The van der Waals surface area contributed by atoms with E-state index in [-0.39, 0.29) is 5.75 Å². The summed E-state index contributed by atoms with van der Waals surface area (Å²) in [5, 5.41) is 12.3. The minimum atomic E-state index is 0.277. The van der Waals surface area contributed by atoms with Crippen LogP contribution in [0.5, 0.6) is 5.75 Å². The summed E-state index contributed by atoms with van der Waals surface area (Å²) in [7, 11) is 0. The zero-order valence-corrected chi connectivity index (χ0v) is 11.3. The Balaban J connectivity index is 2.02. The van der Waals surface area contributed by atoms with E-state index in [1.54, 1.807) is 41.6 Å². The Morgan fingerprint density at radius 1 is 1.17 bits per heavy atom. The summed E-state index contributed by atoms with van der Waals surface area (Å²) in [4.78, 5) is 9.70. The van der Waals surface area contributed by atoms with Crippen molar-refractivity contribution >= 4 is 33.3 Å². The van der Waals surface area contributed by atoms with Gasteiger partial charge in [0.25, 0.3) is 0 Å². The SMILES string of the molecule is Cc1csc2c(Sc3ccc(O)cc3)ncnc12. The molecule has 0 unspecified atom stereocenters. The van der Waals surface area contributed by atoms with E-state index >= 15 is 0 Å². The van der Waals surface area contributed by atoms with Crippen LogP contribution in [0.2, 0.25) is 0 Å². The lowest BCUT2D eigenvalue weighted by molar-refractivity contribution is 0.475. The fraction of sp³-hybridized carbons (Fsp3) is 0.0769. The highest BCUT2D eigenvalue weighted by molar-refractivity contribution is 7.99. The van der Waals surface area contributed by atoms with Crippen LogP contribution < -0.4 is 0 Å². The molecule has 0 radical (unpaired) electrons. The highest BCUT2D eigenvalue weighted by Gasteiger charge is 2.09. The van der Waals surface area contributed by atoms with E-state index in [1.807, 2.05) is 12.1 Å². The number of aromatic hydroxyl groups is 1. The molecule has 0 saturated heterocycles. The Labute approximate surface area is 113 Å². The zero-order valence-electron chi connectivity index (χ0n) is 9.62. The molecule has 3 aromatic rings. The molecule has 0 aliphatic heterocycles. The summed E-state index contributed by atoms with van der Waals surface area (Å²) in [5.74, 6) is 0.277. The first-order valence-corrected chi connectivity index (χ1v) is 7.09. The van der Waals surface area contributed by atoms with Gasteiger partial charge in [-0.2, -0.15) is 0 Å². The maximum Gasteiger partial charge on any atom is 0.122 e. The quantitative estimate of drug-likeness (QED) is 0.721. The molecule has 0 aliphatic carbocycles. The highest BCUT2D eigenvalue weighted by Crippen LogP contribution is 2.35. The summed E-state index contributed by atoms with van der Waals surface area (Å²) >= 11 is 3.26. The standard InChI is InChI=1S/C13H10N2OS2/c1-8-6-17-12-11(8)14-7-15-13(12)18-10-4-2-9(16)3-5-10/h2-7,16H,1H3. The minimum absolute atomic E-state index is 0.277. The maximum absolute atomic E-state index is 9.27. The normalized spacial score (nSPS) is 10.9. The first-order valence-electron chi connectivity index (χ1n) is 5.40. The van der Waals surface area contributed by atoms with Crippen molar-refractivity contribution in [2.24, 2.45) is 0 Å². The van der Waals surface area contributed by atoms with Crippen molar-refractivity contribution in [1.82, 2.24) is 9.97 Å². The monoisotopic (exact) mass is 274 g/mol. The van der Waals surface area contributed by atoms with Gasteiger partial charge in [0.15, 0.2) is 0 Å². The van der Waals surface area contributed by atoms with Gasteiger partial charge in [0.2, 0.25) is 0 Å². The average Bonchev–Trinajstić information content (AvgIpc) is 2.76. The van der Waals surface area contributed by atoms with Crippen molar-refractivity contribution in [3.8, 4) is 5.75 Å². The van der Waals surface area contributed by atoms with Gasteiger partial charge in [-0.1, -0.05) is 11.8 Å². The number of nitrogens with zero attached hydrogens (tertiary/aromatic N) is 2. The lowest BCUT2D eigenvalue weighted by Gasteiger charge is -2.02. The van der Waals surface area contributed by atoms with Gasteiger partial charge in [-0.25, -0.2) is 9.97 Å². The molecule has 2 heterocycles. The Kier molecular flexibility index (Phi) is 2.93. The molecule has 0 amide bonds. The Morgan fingerprint density at radius 2 is 1.94 bits per heavy atom. The van der Waals surface area contributed by atoms with Crippen LogP contribution in [0.4, 0.5) is 0 Å². The van der Waals surface area contributed by atoms with Gasteiger partial charge in [0, 0.05) is 4.90 Å². The molecule has 0 bridgehead atoms. The van der Waals surface area contributed by atoms with Gasteiger partial charge in [-0.05, 0) is 42.1 Å². The molecule has 18 heavy (non-hydrogen) atoms. The topological polar surface area (TPSA) is 46.0 Å². The number of hydrogen-bond donors (Lipinski definition) is 1. The van der Waals surface area contributed by atoms with Gasteiger partial charge in [0.05, 0.1) is 10.2 Å². The van der Waals surface area contributed by atoms with Crippen LogP contribution in [0.25, 0.3) is 10.2 Å². The summed E-state index contributed by atoms with van der Waals surface area (Å²) < 4.78 is 1.12. The predicted molar refractivity (Wildman–Crippen MR) is 74.4 cm³/mol. The number of rotatable bonds is 2. The molecule has 2 aromatic heterocycles. The molecule has 1 aromatic carbocycles. The fourth-order valence-corrected chi connectivity index (χ4v) is 3.59. The molecular formula is C13H10N2OS2. The summed E-state index contributed by atoms with van der Waals surface area (Å²) in [6, 6.07) is 7.13. The van der Waals surface area contributed by atoms with E-state index in [0.717, 1.165) is 20.1 Å². The molecule has 0 spiro atoms. The molecular weight excluding hydrogens is 264 g/mol. The highest BCUT2D eigenvalue weighted by atomic mass is 32.2. The third-order valence-electron chi connectivity index (χ3n) is 2.55. The van der Waals surface area contributed by atoms with E-state index in [2.05, 4.69) is 22.3 Å². The van der Waals surface area contributed by atoms with Gasteiger partial charge in [0.1, 0.15) is 17.1 Å². The largest absolute Gasteiger partial charge is 0.508 e. The number of benzene rings is 1. The van der Waals surface area contributed by atoms with Gasteiger partial charge in [-0.15, -0.1) is 11.3 Å². The smallest absolute Gasteiger partial charge is 0.122 e. The third-order valence-corrected chi connectivity index (χ3v) is 4.78. The Hall–Kier alpha value is -1.59. The third kappa shape index (κ3) is 2.07. The molecule has 90 valence electrons. The second-order valence-electron chi connectivity index (χ2n) is 3.87. The van der Waals surface area contributed by atoms with Crippen LogP contribution in [-0.2, 0) is 0 Å². The van der Waals surface area contributed by atoms with Crippen LogP contribution in [0.1, 0.15) is 5.56 Å². The number of aryl methyl sites for hydroxylation is 1. The molecule has 5 heteroatoms. The summed E-state index contributed by atoms with van der Waals surface area (Å²) in [5.41, 5.74) is 2.21. The number of hydrogen-bond acceptors (Lipinski definition) is 5. The predicted octanol–water partition coefficient (Wildman–Crippen LogP) is 3.86. The molecule has 1 N–H and O–H groups in total. The van der Waals surface area contributed by atoms with Gasteiger partial charge >= 0.3 is 0 Å². The van der Waals surface area contributed by atoms with Crippen molar-refractivity contribution in [1.29, 1.82) is 0 Å². The van der Waals surface area contributed by atoms with Crippen LogP contribution in [0.3, 0.4) is 0 Å².